The number of anilines is 3. The molecule has 3 N–H and O–H groups in total. The van der Waals surface area contributed by atoms with E-state index in [1.54, 1.807) is 30.5 Å². The minimum absolute atomic E-state index is 0.102. The number of hydrogen-bond acceptors (Lipinski definition) is 5. The van der Waals surface area contributed by atoms with Crippen LogP contribution in [-0.4, -0.2) is 20.9 Å². The fourth-order valence-electron chi connectivity index (χ4n) is 4.12. The van der Waals surface area contributed by atoms with Crippen LogP contribution in [-0.2, 0) is 6.18 Å². The number of amides is 1. The third-order valence-electron chi connectivity index (χ3n) is 5.89. The van der Waals surface area contributed by atoms with Crippen LogP contribution in [0.3, 0.4) is 0 Å². The van der Waals surface area contributed by atoms with Gasteiger partial charge in [0.25, 0.3) is 5.91 Å². The molecule has 1 amide bonds. The third kappa shape index (κ3) is 4.55. The molecule has 10 heteroatoms. The molecule has 0 fully saturated rings. The number of alkyl halides is 3. The molecule has 0 saturated heterocycles. The monoisotopic (exact) mass is 513 g/mol. The fraction of sp³-hybridized carbons (Fsp3) is 0.0357. The van der Waals surface area contributed by atoms with Crippen LogP contribution < -0.4 is 10.6 Å². The molecule has 0 radical (unpaired) electrons. The largest absolute Gasteiger partial charge is 0.454 e. The molecule has 0 aliphatic carbocycles. The summed E-state index contributed by atoms with van der Waals surface area (Å²) in [6, 6.07) is 22.4. The smallest absolute Gasteiger partial charge is 0.416 e. The van der Waals surface area contributed by atoms with Gasteiger partial charge in [0.1, 0.15) is 11.3 Å². The molecule has 38 heavy (non-hydrogen) atoms. The number of nitrogens with zero attached hydrogens (tertiary/aromatic N) is 2. The number of furan rings is 1. The first-order valence-electron chi connectivity index (χ1n) is 11.5. The van der Waals surface area contributed by atoms with Gasteiger partial charge in [0.05, 0.1) is 16.6 Å². The summed E-state index contributed by atoms with van der Waals surface area (Å²) in [7, 11) is 0. The second kappa shape index (κ2) is 9.07. The van der Waals surface area contributed by atoms with Gasteiger partial charge in [-0.3, -0.25) is 4.79 Å². The Bertz CT molecular complexity index is 1770. The number of rotatable bonds is 5. The van der Waals surface area contributed by atoms with Crippen molar-refractivity contribution in [2.45, 2.75) is 6.18 Å². The Morgan fingerprint density at radius 3 is 2.53 bits per heavy atom. The second-order valence-electron chi connectivity index (χ2n) is 8.52. The lowest BCUT2D eigenvalue weighted by Crippen LogP contribution is -2.14. The Morgan fingerprint density at radius 2 is 1.68 bits per heavy atom. The molecule has 0 bridgehead atoms. The van der Waals surface area contributed by atoms with Crippen LogP contribution >= 0.6 is 0 Å². The van der Waals surface area contributed by atoms with Crippen LogP contribution in [0.4, 0.5) is 30.5 Å². The highest BCUT2D eigenvalue weighted by molar-refractivity contribution is 6.04. The number of carbonyl (C=O) groups excluding carboxylic acids is 1. The zero-order valence-corrected chi connectivity index (χ0v) is 19.5. The zero-order chi connectivity index (χ0) is 26.3. The summed E-state index contributed by atoms with van der Waals surface area (Å²) in [5.74, 6) is 0.213. The minimum Gasteiger partial charge on any atom is -0.454 e. The predicted octanol–water partition coefficient (Wildman–Crippen LogP) is 7.39. The van der Waals surface area contributed by atoms with Crippen LogP contribution in [0.5, 0.6) is 0 Å². The maximum atomic E-state index is 13.0. The van der Waals surface area contributed by atoms with E-state index < -0.39 is 17.6 Å². The molecule has 3 heterocycles. The Balaban J connectivity index is 1.27. The highest BCUT2D eigenvalue weighted by atomic mass is 19.4. The number of halogens is 3. The van der Waals surface area contributed by atoms with Crippen molar-refractivity contribution in [2.75, 3.05) is 10.6 Å². The summed E-state index contributed by atoms with van der Waals surface area (Å²) in [4.78, 5) is 25.0. The number of nitrogens with one attached hydrogen (secondary N) is 3. The Morgan fingerprint density at radius 1 is 0.868 bits per heavy atom. The quantitative estimate of drug-likeness (QED) is 0.223. The lowest BCUT2D eigenvalue weighted by molar-refractivity contribution is -0.137. The SMILES string of the molecule is O=C(Nc1cccc(Nc2nc(-c3cc4ccccc4o3)c3[nH]ccc3n2)c1)c1cccc(C(F)(F)F)c1. The number of aromatic nitrogens is 3. The summed E-state index contributed by atoms with van der Waals surface area (Å²) < 4.78 is 45.1. The van der Waals surface area contributed by atoms with Crippen LogP contribution in [0.15, 0.2) is 95.5 Å². The Hall–Kier alpha value is -5.12. The van der Waals surface area contributed by atoms with Gasteiger partial charge in [0.2, 0.25) is 5.95 Å². The number of H-pyrrole nitrogens is 1. The molecule has 0 aliphatic heterocycles. The number of benzene rings is 3. The van der Waals surface area contributed by atoms with Gasteiger partial charge in [0.15, 0.2) is 5.76 Å². The molecule has 3 aromatic heterocycles. The van der Waals surface area contributed by atoms with Gasteiger partial charge in [-0.25, -0.2) is 9.97 Å². The van der Waals surface area contributed by atoms with Crippen molar-refractivity contribution in [3.05, 3.63) is 102 Å². The third-order valence-corrected chi connectivity index (χ3v) is 5.89. The lowest BCUT2D eigenvalue weighted by atomic mass is 10.1. The molecule has 7 nitrogen and oxygen atoms in total. The number of aromatic amines is 1. The summed E-state index contributed by atoms with van der Waals surface area (Å²) in [5.41, 5.74) is 2.67. The van der Waals surface area contributed by atoms with Crippen molar-refractivity contribution >= 4 is 45.2 Å². The molecular formula is C28H18F3N5O2. The maximum Gasteiger partial charge on any atom is 0.416 e. The summed E-state index contributed by atoms with van der Waals surface area (Å²) >= 11 is 0. The summed E-state index contributed by atoms with van der Waals surface area (Å²) in [6.45, 7) is 0. The van der Waals surface area contributed by atoms with E-state index in [1.807, 2.05) is 36.4 Å². The number of para-hydroxylation sites is 1. The first-order chi connectivity index (χ1) is 18.3. The topological polar surface area (TPSA) is 95.8 Å². The van der Waals surface area contributed by atoms with E-state index in [0.29, 0.717) is 34.3 Å². The van der Waals surface area contributed by atoms with Crippen molar-refractivity contribution in [3.8, 4) is 11.5 Å². The van der Waals surface area contributed by atoms with E-state index in [0.717, 1.165) is 28.6 Å². The first-order valence-corrected chi connectivity index (χ1v) is 11.5. The van der Waals surface area contributed by atoms with Crippen LogP contribution in [0, 0.1) is 0 Å². The maximum absolute atomic E-state index is 13.0. The molecule has 0 aliphatic rings. The molecule has 0 spiro atoms. The van der Waals surface area contributed by atoms with Gasteiger partial charge in [-0.15, -0.1) is 0 Å². The number of hydrogen-bond donors (Lipinski definition) is 3. The van der Waals surface area contributed by atoms with Crippen molar-refractivity contribution in [3.63, 3.8) is 0 Å². The lowest BCUT2D eigenvalue weighted by Gasteiger charge is -2.11. The van der Waals surface area contributed by atoms with Crippen LogP contribution in [0.2, 0.25) is 0 Å². The van der Waals surface area contributed by atoms with Gasteiger partial charge in [0, 0.05) is 28.5 Å². The number of carbonyl (C=O) groups is 1. The second-order valence-corrected chi connectivity index (χ2v) is 8.52. The zero-order valence-electron chi connectivity index (χ0n) is 19.5. The number of fused-ring (bicyclic) bond motifs is 2. The summed E-state index contributed by atoms with van der Waals surface area (Å²) in [6.07, 6.45) is -2.78. The van der Waals surface area contributed by atoms with Gasteiger partial charge < -0.3 is 20.0 Å². The molecule has 6 aromatic rings. The molecular weight excluding hydrogens is 495 g/mol. The molecule has 6 rings (SSSR count). The Labute approximate surface area is 213 Å². The molecule has 0 atom stereocenters. The Kier molecular flexibility index (Phi) is 5.56. The molecule has 188 valence electrons. The summed E-state index contributed by atoms with van der Waals surface area (Å²) in [5, 5.41) is 6.71. The predicted molar refractivity (Wildman–Crippen MR) is 138 cm³/mol. The first kappa shape index (κ1) is 23.3. The van der Waals surface area contributed by atoms with Gasteiger partial charge >= 0.3 is 6.18 Å². The van der Waals surface area contributed by atoms with E-state index in [1.165, 1.54) is 12.1 Å². The molecule has 0 saturated carbocycles. The average Bonchev–Trinajstić information content (AvgIpc) is 3.55. The van der Waals surface area contributed by atoms with Crippen molar-refractivity contribution in [2.24, 2.45) is 0 Å². The van der Waals surface area contributed by atoms with E-state index in [2.05, 4.69) is 25.6 Å². The van der Waals surface area contributed by atoms with E-state index in [4.69, 9.17) is 4.42 Å². The van der Waals surface area contributed by atoms with Gasteiger partial charge in [-0.05, 0) is 54.6 Å². The van der Waals surface area contributed by atoms with E-state index in [-0.39, 0.29) is 5.56 Å². The van der Waals surface area contributed by atoms with E-state index >= 15 is 0 Å². The molecule has 3 aromatic carbocycles. The fourth-order valence-corrected chi connectivity index (χ4v) is 4.12. The van der Waals surface area contributed by atoms with Crippen LogP contribution in [0.25, 0.3) is 33.5 Å². The highest BCUT2D eigenvalue weighted by Gasteiger charge is 2.30. The van der Waals surface area contributed by atoms with Gasteiger partial charge in [-0.2, -0.15) is 13.2 Å². The van der Waals surface area contributed by atoms with E-state index in [9.17, 15) is 18.0 Å². The molecule has 0 unspecified atom stereocenters. The highest BCUT2D eigenvalue weighted by Crippen LogP contribution is 2.32. The normalized spacial score (nSPS) is 11.7. The van der Waals surface area contributed by atoms with Crippen LogP contribution in [0.1, 0.15) is 15.9 Å². The minimum atomic E-state index is -4.54. The van der Waals surface area contributed by atoms with Crippen molar-refractivity contribution in [1.29, 1.82) is 0 Å². The average molecular weight is 513 g/mol. The standard InChI is InChI=1S/C28H18F3N5O2/c29-28(30,31)18-7-3-6-17(13-18)26(37)33-19-8-4-9-20(15-19)34-27-35-21-11-12-32-24(21)25(36-27)23-14-16-5-1-2-10-22(16)38-23/h1-15,32H,(H,33,37)(H,34,35,36). The van der Waals surface area contributed by atoms with Gasteiger partial charge in [-0.1, -0.05) is 30.3 Å². The van der Waals surface area contributed by atoms with Crippen molar-refractivity contribution < 1.29 is 22.4 Å². The van der Waals surface area contributed by atoms with Crippen molar-refractivity contribution in [1.82, 2.24) is 15.0 Å².